The maximum atomic E-state index is 12.5. The predicted molar refractivity (Wildman–Crippen MR) is 105 cm³/mol. The third-order valence-electron chi connectivity index (χ3n) is 4.29. The van der Waals surface area contributed by atoms with Crippen LogP contribution in [0.2, 0.25) is 0 Å². The highest BCUT2D eigenvalue weighted by molar-refractivity contribution is 6.05. The van der Waals surface area contributed by atoms with Crippen molar-refractivity contribution in [3.8, 4) is 23.0 Å². The molecule has 1 heterocycles. The zero-order valence-electron chi connectivity index (χ0n) is 15.3. The summed E-state index contributed by atoms with van der Waals surface area (Å²) in [4.78, 5) is 12.5. The number of methoxy groups -OCH3 is 2. The lowest BCUT2D eigenvalue weighted by Crippen LogP contribution is -2.12. The number of fused-ring (bicyclic) bond motifs is 1. The zero-order chi connectivity index (χ0) is 19.5. The Hall–Kier alpha value is -3.87. The number of carbonyl (C=O) groups excluding carboxylic acids is 1. The first-order valence-electron chi connectivity index (χ1n) is 8.54. The second kappa shape index (κ2) is 7.40. The number of hydrogen-bond donors (Lipinski definition) is 1. The largest absolute Gasteiger partial charge is 0.493 e. The fourth-order valence-electron chi connectivity index (χ4n) is 2.86. The highest BCUT2D eigenvalue weighted by Crippen LogP contribution is 2.32. The van der Waals surface area contributed by atoms with E-state index in [1.165, 1.54) is 0 Å². The van der Waals surface area contributed by atoms with Gasteiger partial charge >= 0.3 is 6.01 Å². The molecule has 0 unspecified atom stereocenters. The van der Waals surface area contributed by atoms with E-state index < -0.39 is 0 Å². The van der Waals surface area contributed by atoms with Crippen molar-refractivity contribution in [2.24, 2.45) is 0 Å². The Kier molecular flexibility index (Phi) is 4.63. The summed E-state index contributed by atoms with van der Waals surface area (Å²) in [6, 6.07) is 18.5. The topological polar surface area (TPSA) is 86.5 Å². The Labute approximate surface area is 160 Å². The van der Waals surface area contributed by atoms with Crippen LogP contribution in [0.25, 0.3) is 22.2 Å². The van der Waals surface area contributed by atoms with E-state index in [1.807, 2.05) is 36.4 Å². The molecule has 0 saturated carbocycles. The van der Waals surface area contributed by atoms with Gasteiger partial charge in [0, 0.05) is 11.1 Å². The lowest BCUT2D eigenvalue weighted by atomic mass is 10.1. The second-order valence-corrected chi connectivity index (χ2v) is 6.00. The molecule has 0 aliphatic rings. The maximum absolute atomic E-state index is 12.5. The highest BCUT2D eigenvalue weighted by Gasteiger charge is 2.15. The summed E-state index contributed by atoms with van der Waals surface area (Å²) in [5, 5.41) is 12.6. The number of rotatable bonds is 5. The molecule has 0 saturated heterocycles. The van der Waals surface area contributed by atoms with E-state index in [-0.39, 0.29) is 17.8 Å². The second-order valence-electron chi connectivity index (χ2n) is 6.00. The number of aromatic nitrogens is 2. The normalized spacial score (nSPS) is 10.6. The van der Waals surface area contributed by atoms with Gasteiger partial charge in [0.15, 0.2) is 11.5 Å². The van der Waals surface area contributed by atoms with Crippen LogP contribution in [0.4, 0.5) is 6.01 Å². The molecule has 7 nitrogen and oxygen atoms in total. The molecule has 28 heavy (non-hydrogen) atoms. The first kappa shape index (κ1) is 17.5. The number of carbonyl (C=O) groups is 1. The maximum Gasteiger partial charge on any atom is 0.322 e. The van der Waals surface area contributed by atoms with Gasteiger partial charge in [0.05, 0.1) is 14.2 Å². The molecule has 0 spiro atoms. The molecule has 140 valence electrons. The molecule has 1 amide bonds. The van der Waals surface area contributed by atoms with Crippen molar-refractivity contribution in [3.63, 3.8) is 0 Å². The molecule has 1 aromatic heterocycles. The molecule has 3 aromatic carbocycles. The first-order chi connectivity index (χ1) is 13.7. The van der Waals surface area contributed by atoms with Gasteiger partial charge in [0.1, 0.15) is 0 Å². The number of anilines is 1. The van der Waals surface area contributed by atoms with Gasteiger partial charge in [-0.3, -0.25) is 10.1 Å². The van der Waals surface area contributed by atoms with Crippen LogP contribution in [0.3, 0.4) is 0 Å². The average molecular weight is 375 g/mol. The first-order valence-corrected chi connectivity index (χ1v) is 8.54. The molecular weight excluding hydrogens is 358 g/mol. The van der Waals surface area contributed by atoms with Crippen LogP contribution in [-0.2, 0) is 0 Å². The minimum absolute atomic E-state index is 0.0166. The molecule has 0 radical (unpaired) electrons. The van der Waals surface area contributed by atoms with Crippen molar-refractivity contribution >= 4 is 22.7 Å². The van der Waals surface area contributed by atoms with E-state index in [2.05, 4.69) is 15.5 Å². The summed E-state index contributed by atoms with van der Waals surface area (Å²) >= 11 is 0. The lowest BCUT2D eigenvalue weighted by Gasteiger charge is -2.07. The van der Waals surface area contributed by atoms with E-state index in [0.29, 0.717) is 22.6 Å². The number of nitrogens with zero attached hydrogens (tertiary/aromatic N) is 2. The predicted octanol–water partition coefficient (Wildman–Crippen LogP) is 4.16. The molecule has 4 aromatic rings. The van der Waals surface area contributed by atoms with E-state index in [4.69, 9.17) is 13.9 Å². The summed E-state index contributed by atoms with van der Waals surface area (Å²) in [6.07, 6.45) is 0. The molecule has 0 bridgehead atoms. The highest BCUT2D eigenvalue weighted by atomic mass is 16.5. The Morgan fingerprint density at radius 2 is 1.68 bits per heavy atom. The summed E-state index contributed by atoms with van der Waals surface area (Å²) in [5.74, 6) is 1.07. The number of benzene rings is 3. The smallest absolute Gasteiger partial charge is 0.322 e. The number of hydrogen-bond acceptors (Lipinski definition) is 6. The monoisotopic (exact) mass is 375 g/mol. The van der Waals surface area contributed by atoms with E-state index in [9.17, 15) is 4.79 Å². The summed E-state index contributed by atoms with van der Waals surface area (Å²) in [7, 11) is 3.11. The van der Waals surface area contributed by atoms with Crippen molar-refractivity contribution in [1.29, 1.82) is 0 Å². The molecular formula is C21H17N3O4. The summed E-state index contributed by atoms with van der Waals surface area (Å²) in [5.41, 5.74) is 1.15. The summed E-state index contributed by atoms with van der Waals surface area (Å²) < 4.78 is 16.1. The van der Waals surface area contributed by atoms with Crippen LogP contribution in [-0.4, -0.2) is 30.3 Å². The SMILES string of the molecule is COc1ccc(-c2nnc(NC(=O)c3ccc4ccccc4c3)o2)cc1OC. The Bertz CT molecular complexity index is 1150. The quantitative estimate of drug-likeness (QED) is 0.564. The molecule has 7 heteroatoms. The fourth-order valence-corrected chi connectivity index (χ4v) is 2.86. The third-order valence-corrected chi connectivity index (χ3v) is 4.29. The van der Waals surface area contributed by atoms with Gasteiger partial charge in [-0.25, -0.2) is 0 Å². The van der Waals surface area contributed by atoms with Crippen molar-refractivity contribution < 1.29 is 18.7 Å². The molecule has 1 N–H and O–H groups in total. The zero-order valence-corrected chi connectivity index (χ0v) is 15.3. The molecule has 0 fully saturated rings. The van der Waals surface area contributed by atoms with Crippen molar-refractivity contribution in [3.05, 3.63) is 66.2 Å². The van der Waals surface area contributed by atoms with Gasteiger partial charge in [-0.05, 0) is 41.1 Å². The standard InChI is InChI=1S/C21H17N3O4/c1-26-17-10-9-16(12-18(17)27-2)20-23-24-21(28-20)22-19(25)15-8-7-13-5-3-4-6-14(13)11-15/h3-12H,1-2H3,(H,22,24,25). The van der Waals surface area contributed by atoms with Crippen LogP contribution in [0.5, 0.6) is 11.5 Å². The van der Waals surface area contributed by atoms with Gasteiger partial charge in [0.2, 0.25) is 5.89 Å². The van der Waals surface area contributed by atoms with Crippen LogP contribution >= 0.6 is 0 Å². The van der Waals surface area contributed by atoms with Gasteiger partial charge in [-0.2, -0.15) is 0 Å². The van der Waals surface area contributed by atoms with Gasteiger partial charge in [0.25, 0.3) is 5.91 Å². The number of ether oxygens (including phenoxy) is 2. The minimum atomic E-state index is -0.326. The van der Waals surface area contributed by atoms with E-state index in [0.717, 1.165) is 10.8 Å². The average Bonchev–Trinajstić information content (AvgIpc) is 3.21. The van der Waals surface area contributed by atoms with E-state index in [1.54, 1.807) is 38.5 Å². The molecule has 0 atom stereocenters. The van der Waals surface area contributed by atoms with Gasteiger partial charge in [-0.15, -0.1) is 5.10 Å². The van der Waals surface area contributed by atoms with Gasteiger partial charge in [-0.1, -0.05) is 35.4 Å². The summed E-state index contributed by atoms with van der Waals surface area (Å²) in [6.45, 7) is 0. The Morgan fingerprint density at radius 1 is 0.893 bits per heavy atom. The lowest BCUT2D eigenvalue weighted by molar-refractivity contribution is 0.102. The Morgan fingerprint density at radius 3 is 2.46 bits per heavy atom. The van der Waals surface area contributed by atoms with Crippen molar-refractivity contribution in [2.75, 3.05) is 19.5 Å². The molecule has 4 rings (SSSR count). The van der Waals surface area contributed by atoms with Crippen LogP contribution < -0.4 is 14.8 Å². The molecule has 0 aliphatic heterocycles. The Balaban J connectivity index is 1.55. The van der Waals surface area contributed by atoms with Gasteiger partial charge < -0.3 is 13.9 Å². The number of amides is 1. The molecule has 0 aliphatic carbocycles. The van der Waals surface area contributed by atoms with E-state index >= 15 is 0 Å². The van der Waals surface area contributed by atoms with Crippen LogP contribution in [0.15, 0.2) is 65.1 Å². The van der Waals surface area contributed by atoms with Crippen molar-refractivity contribution in [2.45, 2.75) is 0 Å². The van der Waals surface area contributed by atoms with Crippen LogP contribution in [0.1, 0.15) is 10.4 Å². The number of nitrogens with one attached hydrogen (secondary N) is 1. The van der Waals surface area contributed by atoms with Crippen LogP contribution in [0, 0.1) is 0 Å². The third kappa shape index (κ3) is 3.37. The minimum Gasteiger partial charge on any atom is -0.493 e. The van der Waals surface area contributed by atoms with Crippen molar-refractivity contribution in [1.82, 2.24) is 10.2 Å². The fraction of sp³-hybridized carbons (Fsp3) is 0.0952.